The van der Waals surface area contributed by atoms with Gasteiger partial charge < -0.3 is 0 Å². The Bertz CT molecular complexity index is 891. The lowest BCUT2D eigenvalue weighted by atomic mass is 10.2. The summed E-state index contributed by atoms with van der Waals surface area (Å²) >= 11 is 6.03. The molecular formula is C17H17ClN2O2S. The van der Waals surface area contributed by atoms with E-state index in [0.29, 0.717) is 34.4 Å². The van der Waals surface area contributed by atoms with Gasteiger partial charge in [-0.05, 0) is 43.2 Å². The Balaban J connectivity index is 2.06. The molecule has 3 rings (SSSR count). The summed E-state index contributed by atoms with van der Waals surface area (Å²) in [6.07, 6.45) is 0. The first-order valence-corrected chi connectivity index (χ1v) is 9.12. The molecule has 0 amide bonds. The van der Waals surface area contributed by atoms with Gasteiger partial charge in [0.2, 0.25) is 0 Å². The van der Waals surface area contributed by atoms with Crippen molar-refractivity contribution in [2.45, 2.75) is 18.7 Å². The van der Waals surface area contributed by atoms with Crippen LogP contribution in [-0.2, 0) is 10.0 Å². The molecule has 0 radical (unpaired) electrons. The number of aryl methyl sites for hydroxylation is 2. The quantitative estimate of drug-likeness (QED) is 0.853. The lowest BCUT2D eigenvalue weighted by Crippen LogP contribution is -2.35. The summed E-state index contributed by atoms with van der Waals surface area (Å²) in [5.74, 6) is 0.452. The highest BCUT2D eigenvalue weighted by Crippen LogP contribution is 2.26. The normalized spacial score (nSPS) is 14.9. The number of aliphatic imine (C=N–C) groups is 1. The summed E-state index contributed by atoms with van der Waals surface area (Å²) in [5, 5.41) is 0.557. The molecule has 2 aromatic carbocycles. The molecule has 0 N–H and O–H groups in total. The summed E-state index contributed by atoms with van der Waals surface area (Å²) in [6.45, 7) is 4.48. The number of benzene rings is 2. The van der Waals surface area contributed by atoms with E-state index in [4.69, 9.17) is 11.6 Å². The summed E-state index contributed by atoms with van der Waals surface area (Å²) < 4.78 is 27.6. The third-order valence-electron chi connectivity index (χ3n) is 3.80. The van der Waals surface area contributed by atoms with Gasteiger partial charge in [-0.15, -0.1) is 0 Å². The molecule has 0 saturated carbocycles. The van der Waals surface area contributed by atoms with E-state index in [1.165, 1.54) is 4.31 Å². The maximum atomic E-state index is 13.1. The number of halogens is 1. The Hall–Kier alpha value is -1.85. The first-order chi connectivity index (χ1) is 10.9. The highest BCUT2D eigenvalue weighted by Gasteiger charge is 2.32. The van der Waals surface area contributed by atoms with Crippen LogP contribution in [0.5, 0.6) is 0 Å². The van der Waals surface area contributed by atoms with Crippen LogP contribution in [0.1, 0.15) is 16.7 Å². The van der Waals surface area contributed by atoms with Crippen LogP contribution in [0.15, 0.2) is 52.4 Å². The van der Waals surface area contributed by atoms with Crippen LogP contribution in [0.3, 0.4) is 0 Å². The Morgan fingerprint density at radius 3 is 2.65 bits per heavy atom. The SMILES string of the molecule is Cc1ccc(C)c(S(=O)(=O)N2CCN=C2c2cccc(Cl)c2)c1. The van der Waals surface area contributed by atoms with E-state index in [0.717, 1.165) is 11.1 Å². The monoisotopic (exact) mass is 348 g/mol. The van der Waals surface area contributed by atoms with Crippen molar-refractivity contribution in [3.05, 3.63) is 64.2 Å². The van der Waals surface area contributed by atoms with Gasteiger partial charge in [0.05, 0.1) is 18.0 Å². The molecule has 1 heterocycles. The second-order valence-corrected chi connectivity index (χ2v) is 7.83. The van der Waals surface area contributed by atoms with Crippen molar-refractivity contribution in [2.24, 2.45) is 4.99 Å². The predicted molar refractivity (Wildman–Crippen MR) is 92.7 cm³/mol. The second kappa shape index (κ2) is 5.98. The molecule has 0 saturated heterocycles. The molecule has 1 aliphatic rings. The second-order valence-electron chi connectivity index (χ2n) is 5.56. The first kappa shape index (κ1) is 16.0. The molecule has 4 nitrogen and oxygen atoms in total. The number of nitrogens with zero attached hydrogens (tertiary/aromatic N) is 2. The van der Waals surface area contributed by atoms with E-state index in [9.17, 15) is 8.42 Å². The number of rotatable bonds is 3. The Kier molecular flexibility index (Phi) is 4.17. The van der Waals surface area contributed by atoms with E-state index in [1.807, 2.05) is 25.1 Å². The van der Waals surface area contributed by atoms with Gasteiger partial charge in [0.1, 0.15) is 5.84 Å². The maximum Gasteiger partial charge on any atom is 0.265 e. The lowest BCUT2D eigenvalue weighted by Gasteiger charge is -2.22. The molecule has 1 aliphatic heterocycles. The minimum Gasteiger partial charge on any atom is -0.265 e. The largest absolute Gasteiger partial charge is 0.265 e. The molecule has 0 fully saturated rings. The standard InChI is InChI=1S/C17H17ClN2O2S/c1-12-6-7-13(2)16(10-12)23(21,22)20-9-8-19-17(20)14-4-3-5-15(18)11-14/h3-7,10-11H,8-9H2,1-2H3. The van der Waals surface area contributed by atoms with Crippen LogP contribution < -0.4 is 0 Å². The van der Waals surface area contributed by atoms with E-state index in [1.54, 1.807) is 31.2 Å². The molecule has 2 aromatic rings. The third kappa shape index (κ3) is 2.99. The Morgan fingerprint density at radius 1 is 1.13 bits per heavy atom. The molecule has 0 bridgehead atoms. The van der Waals surface area contributed by atoms with Crippen molar-refractivity contribution >= 4 is 27.5 Å². The van der Waals surface area contributed by atoms with Gasteiger partial charge >= 0.3 is 0 Å². The summed E-state index contributed by atoms with van der Waals surface area (Å²) in [7, 11) is -3.64. The minimum absolute atomic E-state index is 0.328. The van der Waals surface area contributed by atoms with Crippen LogP contribution in [-0.4, -0.2) is 31.6 Å². The van der Waals surface area contributed by atoms with Crippen molar-refractivity contribution in [1.82, 2.24) is 4.31 Å². The van der Waals surface area contributed by atoms with Gasteiger partial charge in [0.25, 0.3) is 10.0 Å². The Labute approximate surface area is 141 Å². The van der Waals surface area contributed by atoms with Gasteiger partial charge in [-0.1, -0.05) is 35.9 Å². The molecule has 0 unspecified atom stereocenters. The van der Waals surface area contributed by atoms with E-state index in [2.05, 4.69) is 4.99 Å². The number of sulfonamides is 1. The molecule has 6 heteroatoms. The molecule has 0 aromatic heterocycles. The minimum atomic E-state index is -3.64. The van der Waals surface area contributed by atoms with Crippen molar-refractivity contribution in [2.75, 3.05) is 13.1 Å². The van der Waals surface area contributed by atoms with Gasteiger partial charge in [-0.3, -0.25) is 4.99 Å². The molecule has 0 spiro atoms. The zero-order chi connectivity index (χ0) is 16.6. The average Bonchev–Trinajstić information content (AvgIpc) is 3.00. The number of hydrogen-bond donors (Lipinski definition) is 0. The van der Waals surface area contributed by atoms with E-state index < -0.39 is 10.0 Å². The van der Waals surface area contributed by atoms with Gasteiger partial charge in [-0.25, -0.2) is 12.7 Å². The fourth-order valence-corrected chi connectivity index (χ4v) is 4.58. The maximum absolute atomic E-state index is 13.1. The molecular weight excluding hydrogens is 332 g/mol. The Morgan fingerprint density at radius 2 is 1.91 bits per heavy atom. The fraction of sp³-hybridized carbons (Fsp3) is 0.235. The molecule has 0 atom stereocenters. The summed E-state index contributed by atoms with van der Waals surface area (Å²) in [6, 6.07) is 12.5. The third-order valence-corrected chi connectivity index (χ3v) is 5.96. The summed E-state index contributed by atoms with van der Waals surface area (Å²) in [5.41, 5.74) is 2.35. The fourth-order valence-electron chi connectivity index (χ4n) is 2.63. The lowest BCUT2D eigenvalue weighted by molar-refractivity contribution is 0.537. The highest BCUT2D eigenvalue weighted by atomic mass is 35.5. The van der Waals surface area contributed by atoms with Crippen LogP contribution in [0, 0.1) is 13.8 Å². The topological polar surface area (TPSA) is 49.7 Å². The summed E-state index contributed by atoms with van der Waals surface area (Å²) in [4.78, 5) is 4.71. The molecule has 23 heavy (non-hydrogen) atoms. The number of amidine groups is 1. The van der Waals surface area contributed by atoms with Crippen LogP contribution in [0.2, 0.25) is 5.02 Å². The van der Waals surface area contributed by atoms with E-state index in [-0.39, 0.29) is 0 Å². The zero-order valence-electron chi connectivity index (χ0n) is 13.0. The van der Waals surface area contributed by atoms with Crippen LogP contribution >= 0.6 is 11.6 Å². The van der Waals surface area contributed by atoms with Crippen molar-refractivity contribution in [3.63, 3.8) is 0 Å². The zero-order valence-corrected chi connectivity index (χ0v) is 14.5. The van der Waals surface area contributed by atoms with Gasteiger partial charge in [0.15, 0.2) is 0 Å². The van der Waals surface area contributed by atoms with Gasteiger partial charge in [-0.2, -0.15) is 0 Å². The van der Waals surface area contributed by atoms with Crippen molar-refractivity contribution < 1.29 is 8.42 Å². The van der Waals surface area contributed by atoms with Crippen LogP contribution in [0.25, 0.3) is 0 Å². The smallest absolute Gasteiger partial charge is 0.265 e. The highest BCUT2D eigenvalue weighted by molar-refractivity contribution is 7.89. The molecule has 120 valence electrons. The van der Waals surface area contributed by atoms with E-state index >= 15 is 0 Å². The van der Waals surface area contributed by atoms with Crippen molar-refractivity contribution in [1.29, 1.82) is 0 Å². The number of hydrogen-bond acceptors (Lipinski definition) is 3. The average molecular weight is 349 g/mol. The first-order valence-electron chi connectivity index (χ1n) is 7.30. The predicted octanol–water partition coefficient (Wildman–Crippen LogP) is 3.41. The van der Waals surface area contributed by atoms with Crippen molar-refractivity contribution in [3.8, 4) is 0 Å². The molecule has 0 aliphatic carbocycles. The van der Waals surface area contributed by atoms with Crippen LogP contribution in [0.4, 0.5) is 0 Å². The van der Waals surface area contributed by atoms with Gasteiger partial charge in [0, 0.05) is 10.6 Å².